The molecule has 0 aromatic heterocycles. The van der Waals surface area contributed by atoms with Crippen molar-refractivity contribution in [1.29, 1.82) is 0 Å². The number of hydrogen-bond acceptors (Lipinski definition) is 8. The smallest absolute Gasteiger partial charge is 0.303 e. The topological polar surface area (TPSA) is 108 Å². The second kappa shape index (κ2) is 7.20. The van der Waals surface area contributed by atoms with Crippen LogP contribution in [0.1, 0.15) is 27.2 Å². The number of aliphatic hydroxyl groups is 1. The normalized spacial score (nSPS) is 30.0. The highest BCUT2D eigenvalue weighted by Crippen LogP contribution is 2.23. The van der Waals surface area contributed by atoms with Gasteiger partial charge in [-0.2, -0.15) is 0 Å². The molecule has 1 aliphatic rings. The quantitative estimate of drug-likeness (QED) is 0.548. The highest BCUT2D eigenvalue weighted by Gasteiger charge is 2.43. The van der Waals surface area contributed by atoms with Gasteiger partial charge in [0.2, 0.25) is 0 Å². The summed E-state index contributed by atoms with van der Waals surface area (Å²) in [7, 11) is 0. The largest absolute Gasteiger partial charge is 0.458 e. The van der Waals surface area contributed by atoms with Gasteiger partial charge >= 0.3 is 17.9 Å². The second-order valence-corrected chi connectivity index (χ2v) is 4.35. The molecule has 1 N–H and O–H groups in total. The van der Waals surface area contributed by atoms with Gasteiger partial charge < -0.3 is 24.1 Å². The maximum Gasteiger partial charge on any atom is 0.303 e. The SMILES string of the molecule is CC(=O)OC1C(OC(C)=O)[C@H](OC(C)=O)CCO[C@@H]1O. The van der Waals surface area contributed by atoms with E-state index < -0.39 is 42.5 Å². The van der Waals surface area contributed by atoms with Gasteiger partial charge in [0.1, 0.15) is 6.10 Å². The number of carbonyl (C=O) groups is 3. The van der Waals surface area contributed by atoms with Gasteiger partial charge in [-0.15, -0.1) is 0 Å². The van der Waals surface area contributed by atoms with E-state index in [4.69, 9.17) is 18.9 Å². The Kier molecular flexibility index (Phi) is 5.90. The van der Waals surface area contributed by atoms with E-state index in [9.17, 15) is 19.5 Å². The molecule has 0 aromatic carbocycles. The van der Waals surface area contributed by atoms with Gasteiger partial charge in [0.15, 0.2) is 18.5 Å². The molecule has 0 aliphatic carbocycles. The molecule has 114 valence electrons. The van der Waals surface area contributed by atoms with E-state index >= 15 is 0 Å². The number of aliphatic hydroxyl groups excluding tert-OH is 1. The monoisotopic (exact) mass is 290 g/mol. The fourth-order valence-electron chi connectivity index (χ4n) is 1.93. The molecule has 1 rings (SSSR count). The Morgan fingerprint density at radius 3 is 1.95 bits per heavy atom. The standard InChI is InChI=1S/C12H18O8/c1-6(13)18-9-4-5-17-12(16)11(20-8(3)15)10(9)19-7(2)14/h9-12,16H,4-5H2,1-3H3/t9-,10?,11?,12+/m1/s1. The predicted molar refractivity (Wildman–Crippen MR) is 63.2 cm³/mol. The van der Waals surface area contributed by atoms with E-state index in [2.05, 4.69) is 0 Å². The van der Waals surface area contributed by atoms with Crippen LogP contribution in [-0.2, 0) is 33.3 Å². The lowest BCUT2D eigenvalue weighted by Crippen LogP contribution is -2.49. The summed E-state index contributed by atoms with van der Waals surface area (Å²) in [5.41, 5.74) is 0. The summed E-state index contributed by atoms with van der Waals surface area (Å²) < 4.78 is 20.0. The first-order valence-electron chi connectivity index (χ1n) is 6.12. The third-order valence-corrected chi connectivity index (χ3v) is 2.58. The van der Waals surface area contributed by atoms with Crippen LogP contribution in [-0.4, -0.2) is 54.2 Å². The molecule has 1 aliphatic heterocycles. The van der Waals surface area contributed by atoms with Crippen LogP contribution in [0.2, 0.25) is 0 Å². The lowest BCUT2D eigenvalue weighted by atomic mass is 10.1. The zero-order chi connectivity index (χ0) is 15.3. The molecule has 0 radical (unpaired) electrons. The first-order valence-corrected chi connectivity index (χ1v) is 6.12. The Hall–Kier alpha value is -1.67. The molecule has 0 saturated carbocycles. The van der Waals surface area contributed by atoms with Crippen molar-refractivity contribution in [3.05, 3.63) is 0 Å². The Bertz CT molecular complexity index is 380. The number of esters is 3. The molecule has 1 heterocycles. The molecule has 4 atom stereocenters. The predicted octanol–water partition coefficient (Wildman–Crippen LogP) is -0.480. The minimum Gasteiger partial charge on any atom is -0.458 e. The van der Waals surface area contributed by atoms with E-state index in [0.29, 0.717) is 0 Å². The first kappa shape index (κ1) is 16.4. The summed E-state index contributed by atoms with van der Waals surface area (Å²) in [5.74, 6) is -1.92. The van der Waals surface area contributed by atoms with Crippen LogP contribution in [0.3, 0.4) is 0 Å². The van der Waals surface area contributed by atoms with Gasteiger partial charge in [0.05, 0.1) is 6.61 Å². The summed E-state index contributed by atoms with van der Waals surface area (Å²) in [6.45, 7) is 3.57. The minimum atomic E-state index is -1.47. The number of carbonyl (C=O) groups excluding carboxylic acids is 3. The van der Waals surface area contributed by atoms with Crippen LogP contribution in [0.15, 0.2) is 0 Å². The highest BCUT2D eigenvalue weighted by atomic mass is 16.7. The van der Waals surface area contributed by atoms with Crippen LogP contribution in [0.4, 0.5) is 0 Å². The summed E-state index contributed by atoms with van der Waals surface area (Å²) in [5, 5.41) is 9.80. The fourth-order valence-corrected chi connectivity index (χ4v) is 1.93. The molecule has 0 aromatic rings. The number of ether oxygens (including phenoxy) is 4. The Morgan fingerprint density at radius 2 is 1.45 bits per heavy atom. The van der Waals surface area contributed by atoms with Crippen molar-refractivity contribution in [3.8, 4) is 0 Å². The van der Waals surface area contributed by atoms with E-state index in [1.165, 1.54) is 6.92 Å². The van der Waals surface area contributed by atoms with Gasteiger partial charge in [0.25, 0.3) is 0 Å². The fraction of sp³-hybridized carbons (Fsp3) is 0.750. The maximum absolute atomic E-state index is 11.2. The van der Waals surface area contributed by atoms with Gasteiger partial charge in [-0.05, 0) is 0 Å². The third kappa shape index (κ3) is 4.78. The summed E-state index contributed by atoms with van der Waals surface area (Å²) >= 11 is 0. The molecule has 0 amide bonds. The maximum atomic E-state index is 11.2. The van der Waals surface area contributed by atoms with Gasteiger partial charge in [-0.1, -0.05) is 0 Å². The first-order chi connectivity index (χ1) is 9.31. The highest BCUT2D eigenvalue weighted by molar-refractivity contribution is 5.68. The van der Waals surface area contributed by atoms with Crippen LogP contribution in [0, 0.1) is 0 Å². The summed E-state index contributed by atoms with van der Waals surface area (Å²) in [4.78, 5) is 33.4. The molecule has 8 heteroatoms. The van der Waals surface area contributed by atoms with E-state index in [1.807, 2.05) is 0 Å². The van der Waals surface area contributed by atoms with Crippen LogP contribution in [0.5, 0.6) is 0 Å². The third-order valence-electron chi connectivity index (χ3n) is 2.58. The second-order valence-electron chi connectivity index (χ2n) is 4.35. The average molecular weight is 290 g/mol. The van der Waals surface area contributed by atoms with Crippen molar-refractivity contribution in [2.45, 2.75) is 51.8 Å². The van der Waals surface area contributed by atoms with Crippen molar-refractivity contribution in [2.75, 3.05) is 6.61 Å². The van der Waals surface area contributed by atoms with Gasteiger partial charge in [-0.3, -0.25) is 14.4 Å². The molecule has 20 heavy (non-hydrogen) atoms. The van der Waals surface area contributed by atoms with Crippen LogP contribution < -0.4 is 0 Å². The van der Waals surface area contributed by atoms with Crippen molar-refractivity contribution < 1.29 is 38.4 Å². The molecular weight excluding hydrogens is 272 g/mol. The zero-order valence-electron chi connectivity index (χ0n) is 11.5. The van der Waals surface area contributed by atoms with E-state index in [0.717, 1.165) is 13.8 Å². The molecular formula is C12H18O8. The van der Waals surface area contributed by atoms with Crippen molar-refractivity contribution in [2.24, 2.45) is 0 Å². The molecule has 8 nitrogen and oxygen atoms in total. The van der Waals surface area contributed by atoms with E-state index in [1.54, 1.807) is 0 Å². The van der Waals surface area contributed by atoms with E-state index in [-0.39, 0.29) is 13.0 Å². The Labute approximate surface area is 115 Å². The van der Waals surface area contributed by atoms with Gasteiger partial charge in [0, 0.05) is 27.2 Å². The molecule has 1 saturated heterocycles. The molecule has 0 spiro atoms. The number of hydrogen-bond donors (Lipinski definition) is 1. The summed E-state index contributed by atoms with van der Waals surface area (Å²) in [6.07, 6.45) is -4.52. The minimum absolute atomic E-state index is 0.0641. The summed E-state index contributed by atoms with van der Waals surface area (Å²) in [6, 6.07) is 0. The molecule has 1 fully saturated rings. The lowest BCUT2D eigenvalue weighted by molar-refractivity contribution is -0.214. The average Bonchev–Trinajstić information content (AvgIpc) is 2.41. The van der Waals surface area contributed by atoms with Crippen molar-refractivity contribution in [1.82, 2.24) is 0 Å². The Morgan fingerprint density at radius 1 is 0.950 bits per heavy atom. The Balaban J connectivity index is 2.99. The van der Waals surface area contributed by atoms with Crippen molar-refractivity contribution in [3.63, 3.8) is 0 Å². The van der Waals surface area contributed by atoms with Gasteiger partial charge in [-0.25, -0.2) is 0 Å². The van der Waals surface area contributed by atoms with Crippen LogP contribution in [0.25, 0.3) is 0 Å². The van der Waals surface area contributed by atoms with Crippen molar-refractivity contribution >= 4 is 17.9 Å². The molecule has 2 unspecified atom stereocenters. The molecule has 0 bridgehead atoms. The van der Waals surface area contributed by atoms with Crippen LogP contribution >= 0.6 is 0 Å². The lowest BCUT2D eigenvalue weighted by Gasteiger charge is -2.30. The zero-order valence-corrected chi connectivity index (χ0v) is 11.5. The number of rotatable bonds is 3.